The van der Waals surface area contributed by atoms with E-state index in [1.807, 2.05) is 6.92 Å². The Labute approximate surface area is 113 Å². The first-order valence-electron chi connectivity index (χ1n) is 5.71. The fraction of sp³-hybridized carbons (Fsp3) is 0.385. The molecule has 0 amide bonds. The molecule has 5 nitrogen and oxygen atoms in total. The third-order valence-electron chi connectivity index (χ3n) is 2.55. The number of sulfonamides is 1. The van der Waals surface area contributed by atoms with E-state index in [1.165, 1.54) is 12.1 Å². The smallest absolute Gasteiger partial charge is 0.244 e. The number of aliphatic hydroxyl groups is 2. The topological polar surface area (TPSA) is 77.8 Å². The van der Waals surface area contributed by atoms with Crippen molar-refractivity contribution in [3.8, 4) is 12.3 Å². The Hall–Kier alpha value is -1.39. The zero-order valence-electron chi connectivity index (χ0n) is 10.7. The first-order chi connectivity index (χ1) is 8.91. The highest BCUT2D eigenvalue weighted by Crippen LogP contribution is 2.16. The van der Waals surface area contributed by atoms with Gasteiger partial charge < -0.3 is 10.2 Å². The Morgan fingerprint density at radius 2 is 1.95 bits per heavy atom. The lowest BCUT2D eigenvalue weighted by Crippen LogP contribution is -2.39. The van der Waals surface area contributed by atoms with Crippen molar-refractivity contribution in [1.29, 1.82) is 0 Å². The summed E-state index contributed by atoms with van der Waals surface area (Å²) < 4.78 is 25.6. The number of hydrogen-bond acceptors (Lipinski definition) is 4. The van der Waals surface area contributed by atoms with E-state index in [0.717, 1.165) is 9.87 Å². The lowest BCUT2D eigenvalue weighted by Gasteiger charge is -2.22. The molecule has 104 valence electrons. The fourth-order valence-corrected chi connectivity index (χ4v) is 2.89. The summed E-state index contributed by atoms with van der Waals surface area (Å²) in [5.74, 6) is 2.24. The molecule has 0 radical (unpaired) electrons. The summed E-state index contributed by atoms with van der Waals surface area (Å²) in [5.41, 5.74) is 0.942. The molecule has 0 saturated carbocycles. The molecule has 0 aliphatic heterocycles. The Kier molecular flexibility index (Phi) is 5.51. The first kappa shape index (κ1) is 15.7. The molecule has 0 aromatic heterocycles. The quantitative estimate of drug-likeness (QED) is 0.719. The summed E-state index contributed by atoms with van der Waals surface area (Å²) in [4.78, 5) is 0.110. The zero-order valence-corrected chi connectivity index (χ0v) is 11.5. The van der Waals surface area contributed by atoms with Crippen molar-refractivity contribution in [3.63, 3.8) is 0 Å². The van der Waals surface area contributed by atoms with Crippen LogP contribution in [0.4, 0.5) is 0 Å². The van der Waals surface area contributed by atoms with E-state index in [4.69, 9.17) is 11.5 Å². The van der Waals surface area contributed by atoms with Crippen LogP contribution in [0.1, 0.15) is 5.56 Å². The summed E-state index contributed by atoms with van der Waals surface area (Å²) in [5, 5.41) is 18.2. The van der Waals surface area contributed by atoms with E-state index in [0.29, 0.717) is 0 Å². The van der Waals surface area contributed by atoms with E-state index >= 15 is 0 Å². The predicted molar refractivity (Wildman–Crippen MR) is 71.9 cm³/mol. The fourth-order valence-electron chi connectivity index (χ4n) is 1.50. The van der Waals surface area contributed by atoms with Gasteiger partial charge in [-0.1, -0.05) is 23.6 Å². The second kappa shape index (κ2) is 6.68. The molecule has 2 N–H and O–H groups in total. The van der Waals surface area contributed by atoms with Gasteiger partial charge in [0.15, 0.2) is 0 Å². The van der Waals surface area contributed by atoms with E-state index in [1.54, 1.807) is 12.1 Å². The minimum atomic E-state index is -3.77. The van der Waals surface area contributed by atoms with Gasteiger partial charge >= 0.3 is 0 Å². The predicted octanol–water partition coefficient (Wildman–Crippen LogP) is -0.0279. The number of rotatable bonds is 6. The van der Waals surface area contributed by atoms with Gasteiger partial charge in [-0.05, 0) is 19.1 Å². The summed E-state index contributed by atoms with van der Waals surface area (Å²) in [7, 11) is -3.77. The average molecular weight is 283 g/mol. The highest BCUT2D eigenvalue weighted by molar-refractivity contribution is 7.89. The first-order valence-corrected chi connectivity index (χ1v) is 7.15. The van der Waals surface area contributed by atoms with Crippen LogP contribution in [0.5, 0.6) is 0 Å². The monoisotopic (exact) mass is 283 g/mol. The van der Waals surface area contributed by atoms with E-state index in [2.05, 4.69) is 5.92 Å². The van der Waals surface area contributed by atoms with Crippen molar-refractivity contribution < 1.29 is 18.6 Å². The van der Waals surface area contributed by atoms with Crippen LogP contribution < -0.4 is 0 Å². The van der Waals surface area contributed by atoms with Crippen molar-refractivity contribution in [2.45, 2.75) is 17.9 Å². The largest absolute Gasteiger partial charge is 0.394 e. The van der Waals surface area contributed by atoms with Crippen LogP contribution >= 0.6 is 0 Å². The number of nitrogens with zero attached hydrogens (tertiary/aromatic N) is 1. The summed E-state index contributed by atoms with van der Waals surface area (Å²) in [6.07, 6.45) is 3.99. The summed E-state index contributed by atoms with van der Waals surface area (Å²) >= 11 is 0. The van der Waals surface area contributed by atoms with Crippen LogP contribution in [0.25, 0.3) is 0 Å². The zero-order chi connectivity index (χ0) is 14.5. The maximum absolute atomic E-state index is 12.3. The molecule has 1 atom stereocenters. The van der Waals surface area contributed by atoms with Gasteiger partial charge in [-0.15, -0.1) is 6.42 Å². The molecular weight excluding hydrogens is 266 g/mol. The minimum absolute atomic E-state index is 0.110. The molecule has 1 aromatic rings. The molecule has 0 fully saturated rings. The van der Waals surface area contributed by atoms with Crippen molar-refractivity contribution in [3.05, 3.63) is 29.8 Å². The van der Waals surface area contributed by atoms with E-state index in [-0.39, 0.29) is 18.0 Å². The molecule has 1 rings (SSSR count). The maximum Gasteiger partial charge on any atom is 0.244 e. The van der Waals surface area contributed by atoms with Crippen LogP contribution in [-0.2, 0) is 10.0 Å². The molecule has 0 aliphatic rings. The summed E-state index contributed by atoms with van der Waals surface area (Å²) in [6, 6.07) is 6.34. The van der Waals surface area contributed by atoms with Crippen molar-refractivity contribution in [1.82, 2.24) is 4.31 Å². The maximum atomic E-state index is 12.3. The molecular formula is C13H17NO4S. The van der Waals surface area contributed by atoms with E-state index < -0.39 is 22.7 Å². The number of aliphatic hydroxyl groups excluding tert-OH is 2. The molecule has 1 aromatic carbocycles. The van der Waals surface area contributed by atoms with Gasteiger partial charge in [0, 0.05) is 6.54 Å². The molecule has 0 saturated heterocycles. The van der Waals surface area contributed by atoms with Gasteiger partial charge in [-0.25, -0.2) is 8.42 Å². The third-order valence-corrected chi connectivity index (χ3v) is 4.38. The SMILES string of the molecule is C#CCN(C[C@H](O)CO)S(=O)(=O)c1ccc(C)cc1. The molecule has 6 heteroatoms. The molecule has 0 spiro atoms. The Morgan fingerprint density at radius 1 is 1.37 bits per heavy atom. The second-order valence-corrected chi connectivity index (χ2v) is 6.09. The molecule has 0 aliphatic carbocycles. The lowest BCUT2D eigenvalue weighted by atomic mass is 10.2. The Balaban J connectivity index is 3.06. The number of terminal acetylenes is 1. The van der Waals surface area contributed by atoms with Crippen LogP contribution in [-0.4, -0.2) is 48.7 Å². The number of aryl methyl sites for hydroxylation is 1. The molecule has 19 heavy (non-hydrogen) atoms. The van der Waals surface area contributed by atoms with Gasteiger partial charge in [-0.3, -0.25) is 0 Å². The van der Waals surface area contributed by atoms with Crippen molar-refractivity contribution in [2.75, 3.05) is 19.7 Å². The Bertz CT molecular complexity index is 545. The van der Waals surface area contributed by atoms with Gasteiger partial charge in [0.2, 0.25) is 10.0 Å². The standard InChI is InChI=1S/C13H17NO4S/c1-3-8-14(9-12(16)10-15)19(17,18)13-6-4-11(2)5-7-13/h1,4-7,12,15-16H,8-10H2,2H3/t12-/m0/s1. The average Bonchev–Trinajstić information content (AvgIpc) is 2.38. The van der Waals surface area contributed by atoms with Crippen LogP contribution in [0, 0.1) is 19.3 Å². The molecule has 0 unspecified atom stereocenters. The van der Waals surface area contributed by atoms with Crippen LogP contribution in [0.3, 0.4) is 0 Å². The van der Waals surface area contributed by atoms with Crippen LogP contribution in [0.15, 0.2) is 29.2 Å². The molecule has 0 bridgehead atoms. The highest BCUT2D eigenvalue weighted by atomic mass is 32.2. The normalized spacial score (nSPS) is 13.2. The van der Waals surface area contributed by atoms with Gasteiger partial charge in [-0.2, -0.15) is 4.31 Å². The van der Waals surface area contributed by atoms with Gasteiger partial charge in [0.05, 0.1) is 24.2 Å². The molecule has 0 heterocycles. The lowest BCUT2D eigenvalue weighted by molar-refractivity contribution is 0.0808. The van der Waals surface area contributed by atoms with Gasteiger partial charge in [0.25, 0.3) is 0 Å². The highest BCUT2D eigenvalue weighted by Gasteiger charge is 2.25. The summed E-state index contributed by atoms with van der Waals surface area (Å²) in [6.45, 7) is 0.930. The van der Waals surface area contributed by atoms with E-state index in [9.17, 15) is 13.5 Å². The van der Waals surface area contributed by atoms with Crippen molar-refractivity contribution in [2.24, 2.45) is 0 Å². The Morgan fingerprint density at radius 3 is 2.42 bits per heavy atom. The number of benzene rings is 1. The van der Waals surface area contributed by atoms with Crippen molar-refractivity contribution >= 4 is 10.0 Å². The minimum Gasteiger partial charge on any atom is -0.394 e. The second-order valence-electron chi connectivity index (χ2n) is 4.15. The third kappa shape index (κ3) is 4.04. The number of hydrogen-bond donors (Lipinski definition) is 2. The van der Waals surface area contributed by atoms with Crippen LogP contribution in [0.2, 0.25) is 0 Å². The van der Waals surface area contributed by atoms with Gasteiger partial charge in [0.1, 0.15) is 0 Å².